The molecule has 0 saturated heterocycles. The van der Waals surface area contributed by atoms with E-state index in [4.69, 9.17) is 58.1 Å². The summed E-state index contributed by atoms with van der Waals surface area (Å²) in [5.74, 6) is 5.61. The van der Waals surface area contributed by atoms with Crippen molar-refractivity contribution < 1.29 is 13.3 Å². The minimum Gasteiger partial charge on any atom is -0.456 e. The number of fused-ring (bicyclic) bond motifs is 18. The number of hydrogen-bond acceptors (Lipinski definition) is 12. The van der Waals surface area contributed by atoms with Crippen LogP contribution in [0, 0.1) is 0 Å². The van der Waals surface area contributed by atoms with E-state index in [9.17, 15) is 0 Å². The molecule has 702 valence electrons. The normalized spacial score (nSPS) is 11.6. The van der Waals surface area contributed by atoms with Crippen LogP contribution in [0.15, 0.2) is 523 Å². The zero-order valence-electron chi connectivity index (χ0n) is 80.6. The van der Waals surface area contributed by atoms with Crippen molar-refractivity contribution in [3.63, 3.8) is 0 Å². The monoisotopic (exact) mass is 1920 g/mol. The quantitative estimate of drug-likeness (QED) is 0.0953. The number of rotatable bonds is 15. The fraction of sp³-hybridized carbons (Fsp3) is 0. The largest absolute Gasteiger partial charge is 0.456 e. The van der Waals surface area contributed by atoms with Crippen LogP contribution >= 0.6 is 0 Å². The lowest BCUT2D eigenvalue weighted by atomic mass is 10.0. The molecule has 21 aromatic carbocycles. The first-order valence-corrected chi connectivity index (χ1v) is 50.1. The van der Waals surface area contributed by atoms with E-state index in [2.05, 4.69) is 347 Å². The minimum atomic E-state index is 0.603. The van der Waals surface area contributed by atoms with Crippen molar-refractivity contribution in [1.29, 1.82) is 0 Å². The highest BCUT2D eigenvalue weighted by molar-refractivity contribution is 6.21. The molecular formula is C135H84N12O3. The molecule has 0 bridgehead atoms. The zero-order valence-corrected chi connectivity index (χ0v) is 80.6. The van der Waals surface area contributed by atoms with Gasteiger partial charge in [0.2, 0.25) is 0 Å². The van der Waals surface area contributed by atoms with Crippen LogP contribution in [0.4, 0.5) is 0 Å². The van der Waals surface area contributed by atoms with Crippen LogP contribution in [0.1, 0.15) is 0 Å². The predicted molar refractivity (Wildman–Crippen MR) is 610 cm³/mol. The SMILES string of the molecule is c1ccc(-c2ccc(-c3nc(-c4ccccc4)nc(-c4ccc5oc6cc7c8ccccc8n(-c8ccc(-c9ccccc9)cc8)c7cc6c5c4)n3)cc2)cc1.c1ccc(-c2ccc(-c3nc(-c4ccccc4)nc(-c4ccc5oc6cc7c8ccccc8n(-c8ccccc8)c7cc6c5c4)n3)cc2)cc1.c1ccc(-c2nc(-c3ccccc3)nc(-c3ccc4oc5cc6c7ccccc7n(-c7ccccc7)c6cc5c4c3)n2)cc1. The third kappa shape index (κ3) is 15.9. The number of benzene rings is 21. The molecule has 0 amide bonds. The van der Waals surface area contributed by atoms with E-state index in [0.717, 1.165) is 188 Å². The van der Waals surface area contributed by atoms with Crippen molar-refractivity contribution in [2.75, 3.05) is 0 Å². The van der Waals surface area contributed by atoms with Crippen molar-refractivity contribution in [3.05, 3.63) is 510 Å². The highest BCUT2D eigenvalue weighted by Gasteiger charge is 2.26. The lowest BCUT2D eigenvalue weighted by molar-refractivity contribution is 0.669. The van der Waals surface area contributed by atoms with Gasteiger partial charge in [-0.2, -0.15) is 0 Å². The van der Waals surface area contributed by atoms with Crippen LogP contribution in [-0.2, 0) is 0 Å². The topological polar surface area (TPSA) is 170 Å². The van der Waals surface area contributed by atoms with Crippen molar-refractivity contribution in [3.8, 4) is 153 Å². The van der Waals surface area contributed by atoms with Gasteiger partial charge in [0.1, 0.15) is 33.5 Å². The Balaban J connectivity index is 0.000000109. The maximum absolute atomic E-state index is 6.55. The maximum Gasteiger partial charge on any atom is 0.164 e. The Morgan fingerprint density at radius 2 is 0.293 bits per heavy atom. The molecule has 0 spiro atoms. The Bertz CT molecular complexity index is 10400. The van der Waals surface area contributed by atoms with Gasteiger partial charge in [-0.25, -0.2) is 44.9 Å². The average Bonchev–Trinajstić information content (AvgIpc) is 1.56. The second-order valence-electron chi connectivity index (χ2n) is 37.4. The molecule has 0 N–H and O–H groups in total. The molecule has 0 saturated carbocycles. The number of nitrogens with zero attached hydrogens (tertiary/aromatic N) is 12. The molecule has 30 rings (SSSR count). The predicted octanol–water partition coefficient (Wildman–Crippen LogP) is 34.6. The van der Waals surface area contributed by atoms with Crippen LogP contribution in [0.5, 0.6) is 0 Å². The standard InChI is InChI=1S/C51H32N4O.C45H28N4O.C39H24N4O/c1-4-12-33(13-5-1)35-20-22-38(23-21-35)50-52-49(37-16-8-3-9-17-37)53-51(54-50)39-26-29-47-43(30-39)44-31-46-42(32-48(44)56-47)41-18-10-11-19-45(41)55(46)40-27-24-36(25-28-40)34-14-6-2-7-15-34;1-4-12-29(13-5-1)30-20-22-32(23-21-30)44-46-43(31-14-6-2-7-15-31)47-45(48-44)33-24-25-41-37(26-33)38-27-40-36(28-42(38)50-41)35-18-10-11-19-39(35)49(40)34-16-8-3-9-17-34;1-4-12-25(13-5-1)37-40-38(26-14-6-2-7-15-26)42-39(41-37)27-20-21-35-31(22-27)32-23-34-30(24-36(32)44-35)29-18-10-11-19-33(29)43(34)28-16-8-3-9-17-28/h1-32H;1-28H;1-24H. The van der Waals surface area contributed by atoms with Crippen LogP contribution in [-0.4, -0.2) is 58.6 Å². The van der Waals surface area contributed by atoms with E-state index < -0.39 is 0 Å². The summed E-state index contributed by atoms with van der Waals surface area (Å²) >= 11 is 0. The molecule has 0 aliphatic carbocycles. The van der Waals surface area contributed by atoms with Crippen LogP contribution in [0.3, 0.4) is 0 Å². The molecule has 0 aliphatic rings. The summed E-state index contributed by atoms with van der Waals surface area (Å²) in [6, 6.07) is 176. The van der Waals surface area contributed by atoms with Gasteiger partial charge in [-0.15, -0.1) is 0 Å². The van der Waals surface area contributed by atoms with Gasteiger partial charge in [0, 0.05) is 132 Å². The molecule has 30 aromatic rings. The molecule has 0 radical (unpaired) electrons. The summed E-state index contributed by atoms with van der Waals surface area (Å²) in [5.41, 5.74) is 30.5. The van der Waals surface area contributed by atoms with E-state index in [1.54, 1.807) is 0 Å². The summed E-state index contributed by atoms with van der Waals surface area (Å²) < 4.78 is 26.5. The zero-order chi connectivity index (χ0) is 99.1. The third-order valence-electron chi connectivity index (χ3n) is 28.4. The smallest absolute Gasteiger partial charge is 0.164 e. The van der Waals surface area contributed by atoms with Gasteiger partial charge in [0.15, 0.2) is 52.4 Å². The van der Waals surface area contributed by atoms with Crippen LogP contribution < -0.4 is 0 Å². The first kappa shape index (κ1) is 87.3. The fourth-order valence-electron chi connectivity index (χ4n) is 21.1. The average molecular weight is 1920 g/mol. The summed E-state index contributed by atoms with van der Waals surface area (Å²) in [4.78, 5) is 44.9. The highest BCUT2D eigenvalue weighted by atomic mass is 16.3. The maximum atomic E-state index is 6.55. The molecule has 0 atom stereocenters. The second-order valence-corrected chi connectivity index (χ2v) is 37.4. The molecule has 9 aromatic heterocycles. The number of para-hydroxylation sites is 5. The third-order valence-corrected chi connectivity index (χ3v) is 28.4. The highest BCUT2D eigenvalue weighted by Crippen LogP contribution is 2.46. The van der Waals surface area contributed by atoms with E-state index >= 15 is 0 Å². The molecule has 150 heavy (non-hydrogen) atoms. The fourth-order valence-corrected chi connectivity index (χ4v) is 21.1. The lowest BCUT2D eigenvalue weighted by Gasteiger charge is -2.10. The summed E-state index contributed by atoms with van der Waals surface area (Å²) in [6.07, 6.45) is 0. The van der Waals surface area contributed by atoms with E-state index in [-0.39, 0.29) is 0 Å². The summed E-state index contributed by atoms with van der Waals surface area (Å²) in [5, 5.41) is 13.2. The Morgan fingerprint density at radius 3 is 0.553 bits per heavy atom. The van der Waals surface area contributed by atoms with Crippen LogP contribution in [0.2, 0.25) is 0 Å². The van der Waals surface area contributed by atoms with E-state index in [0.29, 0.717) is 52.4 Å². The number of furan rings is 3. The van der Waals surface area contributed by atoms with Crippen molar-refractivity contribution in [2.24, 2.45) is 0 Å². The first-order chi connectivity index (χ1) is 74.3. The van der Waals surface area contributed by atoms with Crippen LogP contribution in [0.25, 0.3) is 284 Å². The molecule has 0 aliphatic heterocycles. The first-order valence-electron chi connectivity index (χ1n) is 50.1. The number of aromatic nitrogens is 12. The molecule has 0 unspecified atom stereocenters. The molecule has 15 nitrogen and oxygen atoms in total. The van der Waals surface area contributed by atoms with Gasteiger partial charge in [-0.05, 0) is 179 Å². The Kier molecular flexibility index (Phi) is 21.5. The van der Waals surface area contributed by atoms with Gasteiger partial charge in [0.25, 0.3) is 0 Å². The van der Waals surface area contributed by atoms with Gasteiger partial charge in [-0.1, -0.05) is 364 Å². The molecular weight excluding hydrogens is 1840 g/mol. The van der Waals surface area contributed by atoms with E-state index in [1.807, 2.05) is 176 Å². The van der Waals surface area contributed by atoms with Crippen molar-refractivity contribution in [2.45, 2.75) is 0 Å². The van der Waals surface area contributed by atoms with Gasteiger partial charge in [-0.3, -0.25) is 0 Å². The summed E-state index contributed by atoms with van der Waals surface area (Å²) in [6.45, 7) is 0. The molecule has 9 heterocycles. The van der Waals surface area contributed by atoms with E-state index in [1.165, 1.54) is 43.9 Å². The Morgan fingerprint density at radius 1 is 0.113 bits per heavy atom. The Labute approximate surface area is 859 Å². The van der Waals surface area contributed by atoms with Gasteiger partial charge < -0.3 is 27.0 Å². The second kappa shape index (κ2) is 37.0. The van der Waals surface area contributed by atoms with Crippen molar-refractivity contribution >= 4 is 131 Å². The molecule has 0 fully saturated rings. The number of hydrogen-bond donors (Lipinski definition) is 0. The minimum absolute atomic E-state index is 0.603. The lowest BCUT2D eigenvalue weighted by Crippen LogP contribution is -2.00. The van der Waals surface area contributed by atoms with Crippen molar-refractivity contribution in [1.82, 2.24) is 58.6 Å². The van der Waals surface area contributed by atoms with Gasteiger partial charge in [0.05, 0.1) is 33.1 Å². The Hall–Kier alpha value is -20.6. The van der Waals surface area contributed by atoms with Gasteiger partial charge >= 0.3 is 0 Å². The summed E-state index contributed by atoms with van der Waals surface area (Å²) in [7, 11) is 0. The molecule has 15 heteroatoms.